The summed E-state index contributed by atoms with van der Waals surface area (Å²) in [5.41, 5.74) is 1.61. The van der Waals surface area contributed by atoms with Crippen LogP contribution in [-0.4, -0.2) is 98.5 Å². The molecule has 4 rings (SSSR count). The molecule has 0 saturated carbocycles. The molecule has 2 saturated heterocycles. The van der Waals surface area contributed by atoms with Crippen molar-refractivity contribution >= 4 is 29.5 Å². The van der Waals surface area contributed by atoms with E-state index in [1.165, 1.54) is 0 Å². The number of fused-ring (bicyclic) bond motifs is 1. The number of amides is 3. The van der Waals surface area contributed by atoms with E-state index in [4.69, 9.17) is 9.47 Å². The molecule has 1 unspecified atom stereocenters. The van der Waals surface area contributed by atoms with Gasteiger partial charge in [0.1, 0.15) is 6.04 Å². The first-order valence-electron chi connectivity index (χ1n) is 12.6. The van der Waals surface area contributed by atoms with Crippen LogP contribution >= 0.6 is 11.8 Å². The van der Waals surface area contributed by atoms with E-state index in [9.17, 15) is 14.4 Å². The second-order valence-corrected chi connectivity index (χ2v) is 10.2. The van der Waals surface area contributed by atoms with Crippen LogP contribution in [0, 0.1) is 0 Å². The van der Waals surface area contributed by atoms with E-state index in [1.54, 1.807) is 16.7 Å². The molecule has 192 valence electrons. The van der Waals surface area contributed by atoms with Crippen LogP contribution in [0.3, 0.4) is 0 Å². The quantitative estimate of drug-likeness (QED) is 0.235. The zero-order valence-corrected chi connectivity index (χ0v) is 21.1. The summed E-state index contributed by atoms with van der Waals surface area (Å²) >= 11 is 1.67. The molecule has 3 amide bonds. The van der Waals surface area contributed by atoms with E-state index in [0.29, 0.717) is 31.7 Å². The number of carbonyl (C=O) groups excluding carboxylic acids is 3. The predicted octanol–water partition coefficient (Wildman–Crippen LogP) is 1.26. The molecule has 3 heterocycles. The van der Waals surface area contributed by atoms with Crippen LogP contribution in [0.2, 0.25) is 0 Å². The van der Waals surface area contributed by atoms with Gasteiger partial charge >= 0.3 is 0 Å². The molecule has 2 fully saturated rings. The summed E-state index contributed by atoms with van der Waals surface area (Å²) in [5.74, 6) is -0.00654. The minimum Gasteiger partial charge on any atom is -0.381 e. The minimum absolute atomic E-state index is 0.138. The molecule has 2 N–H and O–H groups in total. The van der Waals surface area contributed by atoms with E-state index < -0.39 is 6.04 Å². The molecular formula is C25H36N4O5S. The highest BCUT2D eigenvalue weighted by Crippen LogP contribution is 2.34. The summed E-state index contributed by atoms with van der Waals surface area (Å²) in [6.45, 7) is 8.76. The molecule has 3 aliphatic rings. The van der Waals surface area contributed by atoms with Gasteiger partial charge in [-0.05, 0) is 37.0 Å². The Bertz CT molecular complexity index is 893. The number of nitrogens with zero attached hydrogens (tertiary/aromatic N) is 2. The lowest BCUT2D eigenvalue weighted by Crippen LogP contribution is -2.52. The number of carbonyl (C=O) groups is 3. The normalized spacial score (nSPS) is 20.9. The Labute approximate surface area is 211 Å². The van der Waals surface area contributed by atoms with Crippen molar-refractivity contribution in [3.8, 4) is 0 Å². The van der Waals surface area contributed by atoms with Crippen molar-refractivity contribution in [2.24, 2.45) is 0 Å². The average Bonchev–Trinajstić information content (AvgIpc) is 3.20. The maximum absolute atomic E-state index is 12.9. The number of piperazine rings is 1. The van der Waals surface area contributed by atoms with Crippen LogP contribution in [0.15, 0.2) is 23.1 Å². The fourth-order valence-corrected chi connectivity index (χ4v) is 5.64. The molecule has 35 heavy (non-hydrogen) atoms. The van der Waals surface area contributed by atoms with Gasteiger partial charge in [0.15, 0.2) is 0 Å². The third kappa shape index (κ3) is 7.27. The first-order valence-corrected chi connectivity index (χ1v) is 13.6. The van der Waals surface area contributed by atoms with E-state index in [2.05, 4.69) is 15.5 Å². The topological polar surface area (TPSA) is 100 Å². The van der Waals surface area contributed by atoms with Crippen LogP contribution in [0.4, 0.5) is 0 Å². The monoisotopic (exact) mass is 504 g/mol. The van der Waals surface area contributed by atoms with Crippen molar-refractivity contribution in [2.75, 3.05) is 64.9 Å². The van der Waals surface area contributed by atoms with E-state index in [1.807, 2.05) is 18.2 Å². The Kier molecular flexibility index (Phi) is 9.96. The largest absolute Gasteiger partial charge is 0.381 e. The molecule has 3 aliphatic heterocycles. The van der Waals surface area contributed by atoms with Crippen LogP contribution in [0.1, 0.15) is 41.6 Å². The highest BCUT2D eigenvalue weighted by atomic mass is 32.2. The number of piperidine rings is 1. The number of imide groups is 1. The zero-order chi connectivity index (χ0) is 24.5. The van der Waals surface area contributed by atoms with Crippen LogP contribution in [0.25, 0.3) is 0 Å². The number of benzene rings is 1. The second-order valence-electron chi connectivity index (χ2n) is 9.05. The molecule has 1 aromatic carbocycles. The molecule has 0 aromatic heterocycles. The van der Waals surface area contributed by atoms with E-state index in [0.717, 1.165) is 75.0 Å². The Morgan fingerprint density at radius 2 is 1.77 bits per heavy atom. The van der Waals surface area contributed by atoms with Crippen molar-refractivity contribution < 1.29 is 23.9 Å². The maximum atomic E-state index is 12.9. The van der Waals surface area contributed by atoms with Gasteiger partial charge in [-0.25, -0.2) is 0 Å². The summed E-state index contributed by atoms with van der Waals surface area (Å²) in [6, 6.07) is 5.12. The summed E-state index contributed by atoms with van der Waals surface area (Å²) in [4.78, 5) is 41.7. The Morgan fingerprint density at radius 3 is 2.57 bits per heavy atom. The van der Waals surface area contributed by atoms with E-state index in [-0.39, 0.29) is 24.1 Å². The first-order chi connectivity index (χ1) is 17.1. The SMILES string of the molecule is O=C1CCC(N2Cc3c(SCCOCCCOCCCN4CCNCC4)cccc3C2=O)C(=O)N1. The average molecular weight is 505 g/mol. The Hall–Kier alpha value is -1.98. The fourth-order valence-electron chi connectivity index (χ4n) is 4.70. The number of thioether (sulfide) groups is 1. The second kappa shape index (κ2) is 13.4. The third-order valence-electron chi connectivity index (χ3n) is 6.57. The van der Waals surface area contributed by atoms with Gasteiger partial charge in [0.2, 0.25) is 11.8 Å². The maximum Gasteiger partial charge on any atom is 0.255 e. The molecule has 0 bridgehead atoms. The van der Waals surface area contributed by atoms with Crippen molar-refractivity contribution in [2.45, 2.75) is 43.2 Å². The van der Waals surface area contributed by atoms with Gasteiger partial charge in [-0.15, -0.1) is 11.8 Å². The molecule has 9 nitrogen and oxygen atoms in total. The Balaban J connectivity index is 1.09. The number of hydrogen-bond donors (Lipinski definition) is 2. The molecule has 1 atom stereocenters. The summed E-state index contributed by atoms with van der Waals surface area (Å²) in [7, 11) is 0. The number of nitrogens with one attached hydrogen (secondary N) is 2. The molecule has 10 heteroatoms. The van der Waals surface area contributed by atoms with Crippen LogP contribution in [-0.2, 0) is 25.6 Å². The van der Waals surface area contributed by atoms with Crippen LogP contribution < -0.4 is 10.6 Å². The van der Waals surface area contributed by atoms with Gasteiger partial charge in [-0.1, -0.05) is 6.07 Å². The smallest absolute Gasteiger partial charge is 0.255 e. The fraction of sp³-hybridized carbons (Fsp3) is 0.640. The number of hydrogen-bond acceptors (Lipinski definition) is 8. The minimum atomic E-state index is -0.585. The molecule has 0 spiro atoms. The van der Waals surface area contributed by atoms with Crippen molar-refractivity contribution in [1.82, 2.24) is 20.4 Å². The van der Waals surface area contributed by atoms with E-state index >= 15 is 0 Å². The standard InChI is InChI=1S/C25H36N4O5S/c30-23-7-6-21(24(31)27-23)29-18-20-19(25(29)32)4-1-5-22(20)35-17-16-34-15-3-14-33-13-2-10-28-11-8-26-9-12-28/h1,4-5,21,26H,2-3,6-18H2,(H,27,30,31). The van der Waals surface area contributed by atoms with Crippen molar-refractivity contribution in [3.05, 3.63) is 29.3 Å². The first kappa shape index (κ1) is 26.1. The highest BCUT2D eigenvalue weighted by Gasteiger charge is 2.39. The van der Waals surface area contributed by atoms with Gasteiger partial charge in [0.25, 0.3) is 5.91 Å². The number of rotatable bonds is 13. The molecule has 0 aliphatic carbocycles. The van der Waals surface area contributed by atoms with Gasteiger partial charge < -0.3 is 24.6 Å². The van der Waals surface area contributed by atoms with Gasteiger partial charge in [-0.2, -0.15) is 0 Å². The number of ether oxygens (including phenoxy) is 2. The van der Waals surface area contributed by atoms with Crippen LogP contribution in [0.5, 0.6) is 0 Å². The molecule has 0 radical (unpaired) electrons. The molecule has 1 aromatic rings. The summed E-state index contributed by atoms with van der Waals surface area (Å²) in [5, 5.41) is 5.71. The third-order valence-corrected chi connectivity index (χ3v) is 7.64. The Morgan fingerprint density at radius 1 is 1.00 bits per heavy atom. The summed E-state index contributed by atoms with van der Waals surface area (Å²) in [6.07, 6.45) is 2.59. The lowest BCUT2D eigenvalue weighted by atomic mass is 10.0. The lowest BCUT2D eigenvalue weighted by Gasteiger charge is -2.29. The highest BCUT2D eigenvalue weighted by molar-refractivity contribution is 7.99. The summed E-state index contributed by atoms with van der Waals surface area (Å²) < 4.78 is 11.5. The van der Waals surface area contributed by atoms with Crippen molar-refractivity contribution in [1.29, 1.82) is 0 Å². The predicted molar refractivity (Wildman–Crippen MR) is 133 cm³/mol. The van der Waals surface area contributed by atoms with Gasteiger partial charge in [-0.3, -0.25) is 19.7 Å². The van der Waals surface area contributed by atoms with Crippen molar-refractivity contribution in [3.63, 3.8) is 0 Å². The molecular weight excluding hydrogens is 468 g/mol. The van der Waals surface area contributed by atoms with Gasteiger partial charge in [0.05, 0.1) is 6.61 Å². The lowest BCUT2D eigenvalue weighted by molar-refractivity contribution is -0.136. The van der Waals surface area contributed by atoms with Gasteiger partial charge in [0, 0.05) is 81.7 Å². The zero-order valence-electron chi connectivity index (χ0n) is 20.3.